The van der Waals surface area contributed by atoms with E-state index in [0.29, 0.717) is 26.6 Å². The van der Waals surface area contributed by atoms with Crippen LogP contribution in [0.25, 0.3) is 0 Å². The lowest BCUT2D eigenvalue weighted by Gasteiger charge is -2.21. The van der Waals surface area contributed by atoms with Crippen molar-refractivity contribution < 1.29 is 15.0 Å². The lowest BCUT2D eigenvalue weighted by Crippen LogP contribution is -2.13. The minimum Gasteiger partial charge on any atom is -0.367 e. The van der Waals surface area contributed by atoms with E-state index in [4.69, 9.17) is 66.5 Å². The summed E-state index contributed by atoms with van der Waals surface area (Å²) >= 11 is 24.8. The third-order valence-electron chi connectivity index (χ3n) is 3.74. The highest BCUT2D eigenvalue weighted by atomic mass is 35.5. The Morgan fingerprint density at radius 2 is 1.79 bits per heavy atom. The van der Waals surface area contributed by atoms with Crippen LogP contribution < -0.4 is 0 Å². The van der Waals surface area contributed by atoms with Gasteiger partial charge in [0.05, 0.1) is 19.5 Å². The molecule has 1 heterocycles. The Balaban J connectivity index is 0.000000687. The topological polar surface area (TPSA) is 90.4 Å². The molecule has 29 heavy (non-hydrogen) atoms. The van der Waals surface area contributed by atoms with Crippen LogP contribution in [-0.2, 0) is 17.9 Å². The first kappa shape index (κ1) is 23.3. The van der Waals surface area contributed by atoms with E-state index in [-0.39, 0.29) is 12.7 Å². The lowest BCUT2D eigenvalue weighted by atomic mass is 10.1. The van der Waals surface area contributed by atoms with Crippen molar-refractivity contribution >= 4 is 46.4 Å². The van der Waals surface area contributed by atoms with E-state index in [0.717, 1.165) is 11.1 Å². The molecule has 0 aliphatic rings. The SMILES string of the molecule is Clc1ccc(C(Cn2ccnc2)OCc2c(Cl)cccc2Cl)c(Cl)c1.O=[N+]([O-])O. The van der Waals surface area contributed by atoms with Crippen molar-refractivity contribution in [2.45, 2.75) is 19.3 Å². The van der Waals surface area contributed by atoms with Crippen molar-refractivity contribution in [2.75, 3.05) is 0 Å². The van der Waals surface area contributed by atoms with Crippen LogP contribution in [-0.4, -0.2) is 19.8 Å². The maximum Gasteiger partial charge on any atom is 0.291 e. The fourth-order valence-electron chi connectivity index (χ4n) is 2.44. The van der Waals surface area contributed by atoms with Gasteiger partial charge in [-0.25, -0.2) is 4.98 Å². The monoisotopic (exact) mass is 477 g/mol. The molecule has 0 radical (unpaired) electrons. The molecule has 0 fully saturated rings. The van der Waals surface area contributed by atoms with E-state index in [1.54, 1.807) is 42.9 Å². The van der Waals surface area contributed by atoms with Crippen LogP contribution in [0.2, 0.25) is 20.1 Å². The molecule has 154 valence electrons. The maximum absolute atomic E-state index is 8.36. The Morgan fingerprint density at radius 1 is 1.14 bits per heavy atom. The van der Waals surface area contributed by atoms with Crippen molar-refractivity contribution in [3.05, 3.63) is 96.5 Å². The molecule has 1 N–H and O–H groups in total. The second-order valence-corrected chi connectivity index (χ2v) is 7.32. The minimum absolute atomic E-state index is 0.261. The predicted octanol–water partition coefficient (Wildman–Crippen LogP) is 6.11. The van der Waals surface area contributed by atoms with Gasteiger partial charge in [0.15, 0.2) is 0 Å². The molecule has 1 aromatic heterocycles. The Labute approximate surface area is 186 Å². The van der Waals surface area contributed by atoms with Crippen LogP contribution >= 0.6 is 46.4 Å². The van der Waals surface area contributed by atoms with Gasteiger partial charge in [0.25, 0.3) is 5.09 Å². The van der Waals surface area contributed by atoms with E-state index < -0.39 is 5.09 Å². The standard InChI is InChI=1S/C18H14Cl4N2O.HNO3/c19-12-4-5-13(17(22)8-12)18(9-24-7-6-23-11-24)25-10-14-15(20)2-1-3-16(14)21;2-1(3)4/h1-8,11,18H,9-10H2;(H,2,3,4). The van der Waals surface area contributed by atoms with Crippen molar-refractivity contribution in [3.63, 3.8) is 0 Å². The number of aromatic nitrogens is 2. The highest BCUT2D eigenvalue weighted by Crippen LogP contribution is 2.32. The fourth-order valence-corrected chi connectivity index (χ4v) is 3.48. The predicted molar refractivity (Wildman–Crippen MR) is 111 cm³/mol. The summed E-state index contributed by atoms with van der Waals surface area (Å²) < 4.78 is 8.05. The van der Waals surface area contributed by atoms with Gasteiger partial charge < -0.3 is 14.5 Å². The molecule has 7 nitrogen and oxygen atoms in total. The molecule has 3 rings (SSSR count). The molecule has 0 saturated heterocycles. The first-order chi connectivity index (χ1) is 13.8. The first-order valence-corrected chi connectivity index (χ1v) is 9.57. The van der Waals surface area contributed by atoms with Crippen molar-refractivity contribution in [3.8, 4) is 0 Å². The summed E-state index contributed by atoms with van der Waals surface area (Å²) in [4.78, 5) is 12.4. The van der Waals surface area contributed by atoms with Crippen LogP contribution in [0.1, 0.15) is 17.2 Å². The van der Waals surface area contributed by atoms with Gasteiger partial charge in [-0.15, -0.1) is 10.1 Å². The third-order valence-corrected chi connectivity index (χ3v) is 5.01. The Kier molecular flexibility index (Phi) is 9.00. The van der Waals surface area contributed by atoms with Crippen LogP contribution in [0.4, 0.5) is 0 Å². The summed E-state index contributed by atoms with van der Waals surface area (Å²) in [5.41, 5.74) is 1.58. The highest BCUT2D eigenvalue weighted by Gasteiger charge is 2.18. The highest BCUT2D eigenvalue weighted by molar-refractivity contribution is 6.36. The molecule has 0 bridgehead atoms. The molecule has 0 amide bonds. The van der Waals surface area contributed by atoms with Crippen LogP contribution in [0.15, 0.2) is 55.1 Å². The van der Waals surface area contributed by atoms with Crippen LogP contribution in [0, 0.1) is 10.1 Å². The average molecular weight is 479 g/mol. The Morgan fingerprint density at radius 3 is 2.34 bits per heavy atom. The van der Waals surface area contributed by atoms with Gasteiger partial charge in [-0.3, -0.25) is 0 Å². The summed E-state index contributed by atoms with van der Waals surface area (Å²) in [7, 11) is 0. The lowest BCUT2D eigenvalue weighted by molar-refractivity contribution is -0.742. The maximum atomic E-state index is 8.36. The van der Waals surface area contributed by atoms with Crippen molar-refractivity contribution in [1.82, 2.24) is 9.55 Å². The molecule has 0 aliphatic heterocycles. The summed E-state index contributed by atoms with van der Waals surface area (Å²) in [5, 5.41) is 15.9. The quantitative estimate of drug-likeness (QED) is 0.341. The van der Waals surface area contributed by atoms with Gasteiger partial charge in [0.1, 0.15) is 6.10 Å². The third kappa shape index (κ3) is 7.38. The van der Waals surface area contributed by atoms with E-state index in [1.807, 2.05) is 16.8 Å². The van der Waals surface area contributed by atoms with Crippen molar-refractivity contribution in [2.24, 2.45) is 0 Å². The number of nitrogens with zero attached hydrogens (tertiary/aromatic N) is 3. The number of ether oxygens (including phenoxy) is 1. The average Bonchev–Trinajstić information content (AvgIpc) is 3.13. The molecule has 0 spiro atoms. The van der Waals surface area contributed by atoms with Gasteiger partial charge >= 0.3 is 0 Å². The van der Waals surface area contributed by atoms with E-state index in [1.165, 1.54) is 0 Å². The number of rotatable bonds is 6. The number of imidazole rings is 1. The number of benzene rings is 2. The van der Waals surface area contributed by atoms with E-state index in [9.17, 15) is 0 Å². The second kappa shape index (κ2) is 11.2. The normalized spacial score (nSPS) is 11.4. The number of hydrogen-bond donors (Lipinski definition) is 1. The molecule has 2 aromatic carbocycles. The zero-order valence-electron chi connectivity index (χ0n) is 14.7. The zero-order valence-corrected chi connectivity index (χ0v) is 17.7. The smallest absolute Gasteiger partial charge is 0.291 e. The Bertz CT molecular complexity index is 930. The van der Waals surface area contributed by atoms with E-state index >= 15 is 0 Å². The Hall–Kier alpha value is -2.03. The fraction of sp³-hybridized carbons (Fsp3) is 0.167. The summed E-state index contributed by atoms with van der Waals surface area (Å²) in [6.07, 6.45) is 4.99. The van der Waals surface area contributed by atoms with Gasteiger partial charge in [0.2, 0.25) is 0 Å². The van der Waals surface area contributed by atoms with Crippen LogP contribution in [0.3, 0.4) is 0 Å². The molecule has 0 aliphatic carbocycles. The molecule has 3 aromatic rings. The summed E-state index contributed by atoms with van der Waals surface area (Å²) in [5.74, 6) is 0. The number of hydrogen-bond acceptors (Lipinski definition) is 4. The van der Waals surface area contributed by atoms with Gasteiger partial charge in [-0.1, -0.05) is 58.5 Å². The molecule has 1 unspecified atom stereocenters. The number of halogens is 4. The zero-order chi connectivity index (χ0) is 21.4. The van der Waals surface area contributed by atoms with Crippen molar-refractivity contribution in [1.29, 1.82) is 0 Å². The first-order valence-electron chi connectivity index (χ1n) is 8.06. The molecule has 0 saturated carbocycles. The van der Waals surface area contributed by atoms with Gasteiger partial charge in [-0.2, -0.15) is 0 Å². The summed E-state index contributed by atoms with van der Waals surface area (Å²) in [6.45, 7) is 0.806. The molecular formula is C18H15Cl4N3O4. The minimum atomic E-state index is -1.50. The largest absolute Gasteiger partial charge is 0.367 e. The van der Waals surface area contributed by atoms with Crippen LogP contribution in [0.5, 0.6) is 0 Å². The van der Waals surface area contributed by atoms with Gasteiger partial charge in [-0.05, 0) is 24.3 Å². The van der Waals surface area contributed by atoms with Gasteiger partial charge in [0, 0.05) is 43.6 Å². The molecule has 11 heteroatoms. The second-order valence-electron chi connectivity index (χ2n) is 5.66. The van der Waals surface area contributed by atoms with E-state index in [2.05, 4.69) is 4.98 Å². The molecule has 1 atom stereocenters. The summed E-state index contributed by atoms with van der Waals surface area (Å²) in [6, 6.07) is 10.7. The molecular weight excluding hydrogens is 464 g/mol.